The van der Waals surface area contributed by atoms with E-state index in [9.17, 15) is 34.8 Å². The summed E-state index contributed by atoms with van der Waals surface area (Å²) in [5.41, 5.74) is 1.52. The van der Waals surface area contributed by atoms with Crippen LogP contribution in [0.15, 0.2) is 23.0 Å². The number of nitrogens with one attached hydrogen (secondary N) is 1. The zero-order valence-electron chi connectivity index (χ0n) is 21.8. The number of hydrogen-bond donors (Lipinski definition) is 6. The third-order valence-corrected chi connectivity index (χ3v) is 9.51. The average Bonchev–Trinajstić information content (AvgIpc) is 3.76. The van der Waals surface area contributed by atoms with Gasteiger partial charge < -0.3 is 31.5 Å². The number of primary amides is 1. The Labute approximate surface area is 224 Å². The molecule has 3 fully saturated rings. The van der Waals surface area contributed by atoms with E-state index in [0.29, 0.717) is 5.92 Å². The van der Waals surface area contributed by atoms with Crippen molar-refractivity contribution < 1.29 is 39.2 Å². The molecule has 6 rings (SSSR count). The summed E-state index contributed by atoms with van der Waals surface area (Å²) in [7, 11) is 3.05. The fourth-order valence-electron chi connectivity index (χ4n) is 7.25. The molecule has 0 aliphatic heterocycles. The topological polar surface area (TPSA) is 173 Å². The van der Waals surface area contributed by atoms with Gasteiger partial charge in [-0.3, -0.25) is 19.3 Å². The zero-order chi connectivity index (χ0) is 28.2. The SMILES string of the molecule is CN(C)[C@@H]1C(=O)C(C(N)=O)=C(O)[C@@]2(O)C(=O)C3=C(O)c4c(O)cc(CNC5(C6CC6)CC5)c(F)c4C[C@H]3C[C@@H]12. The van der Waals surface area contributed by atoms with Gasteiger partial charge in [0.1, 0.15) is 28.7 Å². The average molecular weight is 542 g/mol. The number of benzene rings is 1. The van der Waals surface area contributed by atoms with E-state index in [1.165, 1.54) is 25.1 Å². The minimum atomic E-state index is -2.72. The number of carbonyl (C=O) groups is 3. The monoisotopic (exact) mass is 541 g/mol. The molecule has 1 aromatic carbocycles. The number of carbonyl (C=O) groups excluding carboxylic acids is 3. The number of Topliss-reactive ketones (excluding diaryl/α,β-unsaturated/α-hetero) is 2. The summed E-state index contributed by atoms with van der Waals surface area (Å²) in [5.74, 6) is -7.52. The number of likely N-dealkylation sites (N-methyl/N-ethyl adjacent to an activating group) is 1. The molecule has 0 unspecified atom stereocenters. The number of aliphatic hydroxyl groups excluding tert-OH is 2. The van der Waals surface area contributed by atoms with Gasteiger partial charge in [-0.1, -0.05) is 0 Å². The molecule has 0 saturated heterocycles. The van der Waals surface area contributed by atoms with Crippen LogP contribution in [0.2, 0.25) is 0 Å². The van der Waals surface area contributed by atoms with Gasteiger partial charge in [-0.2, -0.15) is 0 Å². The van der Waals surface area contributed by atoms with Crippen LogP contribution in [0.25, 0.3) is 5.76 Å². The number of halogens is 1. The molecule has 3 saturated carbocycles. The molecule has 208 valence electrons. The molecular weight excluding hydrogens is 509 g/mol. The van der Waals surface area contributed by atoms with Crippen LogP contribution < -0.4 is 11.1 Å². The number of aromatic hydroxyl groups is 1. The Morgan fingerprint density at radius 2 is 1.87 bits per heavy atom. The van der Waals surface area contributed by atoms with Crippen LogP contribution in [0.1, 0.15) is 48.8 Å². The van der Waals surface area contributed by atoms with Gasteiger partial charge in [-0.05, 0) is 70.5 Å². The molecule has 1 aromatic rings. The van der Waals surface area contributed by atoms with E-state index in [1.54, 1.807) is 0 Å². The molecule has 10 nitrogen and oxygen atoms in total. The number of phenolic OH excluding ortho intramolecular Hbond substituents is 1. The Bertz CT molecular complexity index is 1410. The normalized spacial score (nSPS) is 31.3. The van der Waals surface area contributed by atoms with Gasteiger partial charge in [-0.25, -0.2) is 4.39 Å². The molecule has 0 bridgehead atoms. The van der Waals surface area contributed by atoms with Crippen molar-refractivity contribution in [3.63, 3.8) is 0 Å². The summed E-state index contributed by atoms with van der Waals surface area (Å²) in [5, 5.41) is 48.0. The lowest BCUT2D eigenvalue weighted by atomic mass is 9.57. The van der Waals surface area contributed by atoms with Crippen molar-refractivity contribution in [2.75, 3.05) is 14.1 Å². The summed E-state index contributed by atoms with van der Waals surface area (Å²) < 4.78 is 15.9. The van der Waals surface area contributed by atoms with E-state index in [-0.39, 0.29) is 47.2 Å². The number of nitrogens with zero attached hydrogens (tertiary/aromatic N) is 1. The summed E-state index contributed by atoms with van der Waals surface area (Å²) in [6.45, 7) is 0.207. The van der Waals surface area contributed by atoms with Gasteiger partial charge in [0.25, 0.3) is 5.91 Å². The minimum absolute atomic E-state index is 0.0292. The molecule has 0 heterocycles. The highest BCUT2D eigenvalue weighted by Crippen LogP contribution is 2.55. The molecule has 39 heavy (non-hydrogen) atoms. The lowest BCUT2D eigenvalue weighted by Crippen LogP contribution is -2.65. The summed E-state index contributed by atoms with van der Waals surface area (Å²) in [6, 6.07) is 0.0454. The largest absolute Gasteiger partial charge is 0.508 e. The maximum Gasteiger partial charge on any atom is 0.255 e. The third kappa shape index (κ3) is 3.52. The predicted octanol–water partition coefficient (Wildman–Crippen LogP) is 1.14. The zero-order valence-corrected chi connectivity index (χ0v) is 21.8. The van der Waals surface area contributed by atoms with Gasteiger partial charge in [0, 0.05) is 34.7 Å². The standard InChI is InChI=1S/C28H32FN3O7/c1-32(2)21-15-8-11-7-14-18(16(33)9-12(20(14)29)10-31-27(5-6-27)13-3-4-13)22(34)17(11)24(36)28(15,39)25(37)19(23(21)35)26(30)38/h9,11,13,15,21,31,33-34,37,39H,3-8,10H2,1-2H3,(H2,30,38)/t11-,15-,21-,28-/m0/s1. The van der Waals surface area contributed by atoms with E-state index in [0.717, 1.165) is 25.7 Å². The van der Waals surface area contributed by atoms with E-state index in [4.69, 9.17) is 5.73 Å². The highest BCUT2D eigenvalue weighted by atomic mass is 19.1. The second kappa shape index (κ2) is 8.36. The first-order valence-corrected chi connectivity index (χ1v) is 13.3. The Morgan fingerprint density at radius 3 is 2.44 bits per heavy atom. The smallest absolute Gasteiger partial charge is 0.255 e. The Hall–Kier alpha value is -3.28. The maximum atomic E-state index is 15.9. The number of fused-ring (bicyclic) bond motifs is 3. The number of nitrogens with two attached hydrogens (primary N) is 1. The first-order valence-electron chi connectivity index (χ1n) is 13.3. The lowest BCUT2D eigenvalue weighted by molar-refractivity contribution is -0.153. The van der Waals surface area contributed by atoms with Crippen molar-refractivity contribution in [2.45, 2.75) is 62.3 Å². The van der Waals surface area contributed by atoms with E-state index in [1.807, 2.05) is 0 Å². The predicted molar refractivity (Wildman–Crippen MR) is 136 cm³/mol. The second-order valence-corrected chi connectivity index (χ2v) is 12.0. The summed E-state index contributed by atoms with van der Waals surface area (Å²) in [6.07, 6.45) is 4.20. The van der Waals surface area contributed by atoms with Crippen LogP contribution in [-0.2, 0) is 27.3 Å². The number of amides is 1. The van der Waals surface area contributed by atoms with E-state index < -0.39 is 69.6 Å². The first-order chi connectivity index (χ1) is 18.3. The summed E-state index contributed by atoms with van der Waals surface area (Å²) in [4.78, 5) is 40.4. The van der Waals surface area contributed by atoms with E-state index >= 15 is 4.39 Å². The Morgan fingerprint density at radius 1 is 1.21 bits per heavy atom. The molecule has 0 aromatic heterocycles. The van der Waals surface area contributed by atoms with Gasteiger partial charge in [0.05, 0.1) is 11.6 Å². The Kier molecular flexibility index (Phi) is 5.57. The van der Waals surface area contributed by atoms with Crippen molar-refractivity contribution in [2.24, 2.45) is 23.5 Å². The second-order valence-electron chi connectivity index (χ2n) is 12.0. The van der Waals surface area contributed by atoms with Gasteiger partial charge in [0.2, 0.25) is 5.78 Å². The van der Waals surface area contributed by atoms with E-state index in [2.05, 4.69) is 5.32 Å². The van der Waals surface area contributed by atoms with Crippen molar-refractivity contribution >= 4 is 23.2 Å². The van der Waals surface area contributed by atoms with Crippen molar-refractivity contribution in [3.8, 4) is 5.75 Å². The van der Waals surface area contributed by atoms with Crippen LogP contribution in [0.5, 0.6) is 5.75 Å². The molecule has 4 atom stereocenters. The third-order valence-electron chi connectivity index (χ3n) is 9.51. The Balaban J connectivity index is 1.43. The maximum absolute atomic E-state index is 15.9. The van der Waals surface area contributed by atoms with Crippen LogP contribution in [0, 0.1) is 23.6 Å². The molecule has 1 amide bonds. The van der Waals surface area contributed by atoms with Crippen LogP contribution in [0.4, 0.5) is 4.39 Å². The molecule has 0 radical (unpaired) electrons. The molecule has 0 spiro atoms. The van der Waals surface area contributed by atoms with Crippen LogP contribution in [0.3, 0.4) is 0 Å². The van der Waals surface area contributed by atoms with Crippen molar-refractivity contribution in [1.82, 2.24) is 10.2 Å². The highest BCUT2D eigenvalue weighted by Gasteiger charge is 2.64. The number of aliphatic hydroxyl groups is 3. The molecule has 11 heteroatoms. The van der Waals surface area contributed by atoms with Gasteiger partial charge >= 0.3 is 0 Å². The van der Waals surface area contributed by atoms with Crippen LogP contribution >= 0.6 is 0 Å². The summed E-state index contributed by atoms with van der Waals surface area (Å²) >= 11 is 0. The number of phenols is 1. The lowest BCUT2D eigenvalue weighted by Gasteiger charge is -2.50. The number of ketones is 2. The van der Waals surface area contributed by atoms with Crippen LogP contribution in [-0.4, -0.2) is 74.1 Å². The molecule has 5 aliphatic rings. The van der Waals surface area contributed by atoms with Crippen molar-refractivity contribution in [3.05, 3.63) is 45.5 Å². The van der Waals surface area contributed by atoms with Gasteiger partial charge in [0.15, 0.2) is 11.4 Å². The number of hydrogen-bond acceptors (Lipinski definition) is 9. The number of rotatable bonds is 6. The first kappa shape index (κ1) is 26.0. The molecule has 5 aliphatic carbocycles. The fourth-order valence-corrected chi connectivity index (χ4v) is 7.25. The highest BCUT2D eigenvalue weighted by molar-refractivity contribution is 6.24. The molecular formula is C28H32FN3O7. The minimum Gasteiger partial charge on any atom is -0.508 e. The van der Waals surface area contributed by atoms with Gasteiger partial charge in [-0.15, -0.1) is 0 Å². The quantitative estimate of drug-likeness (QED) is 0.289. The fraction of sp³-hybridized carbons (Fsp3) is 0.536. The molecule has 7 N–H and O–H groups in total. The van der Waals surface area contributed by atoms with Crippen molar-refractivity contribution in [1.29, 1.82) is 0 Å².